The second kappa shape index (κ2) is 5.64. The fourth-order valence-electron chi connectivity index (χ4n) is 2.36. The van der Waals surface area contributed by atoms with Gasteiger partial charge in [0.2, 0.25) is 0 Å². The summed E-state index contributed by atoms with van der Waals surface area (Å²) in [5.74, 6) is 1.96. The molecular formula is C12H26O. The number of hydrogen-bond acceptors (Lipinski definition) is 1. The number of methoxy groups -OCH3 is 1. The zero-order valence-electron chi connectivity index (χ0n) is 10.2. The van der Waals surface area contributed by atoms with Crippen molar-refractivity contribution in [2.24, 2.45) is 11.8 Å². The topological polar surface area (TPSA) is 9.23 Å². The van der Waals surface area contributed by atoms with Crippen LogP contribution >= 0.6 is 0 Å². The molecule has 2 rings (SSSR count). The zero-order valence-corrected chi connectivity index (χ0v) is 10.2. The van der Waals surface area contributed by atoms with Crippen LogP contribution in [0.1, 0.15) is 53.9 Å². The average Bonchev–Trinajstić information content (AvgIpc) is 2.19. The van der Waals surface area contributed by atoms with Gasteiger partial charge in [-0.1, -0.05) is 27.7 Å². The van der Waals surface area contributed by atoms with Crippen molar-refractivity contribution in [2.45, 2.75) is 59.5 Å². The van der Waals surface area contributed by atoms with Gasteiger partial charge in [-0.25, -0.2) is 0 Å². The van der Waals surface area contributed by atoms with Crippen molar-refractivity contribution in [3.05, 3.63) is 0 Å². The monoisotopic (exact) mass is 186 g/mol. The van der Waals surface area contributed by atoms with Gasteiger partial charge in [0, 0.05) is 7.11 Å². The van der Waals surface area contributed by atoms with Gasteiger partial charge < -0.3 is 4.74 Å². The van der Waals surface area contributed by atoms with E-state index in [9.17, 15) is 0 Å². The Morgan fingerprint density at radius 1 is 1.08 bits per heavy atom. The Balaban J connectivity index is 0.000000322. The van der Waals surface area contributed by atoms with E-state index in [4.69, 9.17) is 4.74 Å². The maximum atomic E-state index is 5.41. The Morgan fingerprint density at radius 3 is 1.69 bits per heavy atom. The molecule has 0 radical (unpaired) electrons. The summed E-state index contributed by atoms with van der Waals surface area (Å²) in [6.45, 7) is 10.2. The molecule has 2 aliphatic carbocycles. The number of fused-ring (bicyclic) bond motifs is 1. The van der Waals surface area contributed by atoms with Crippen LogP contribution in [-0.2, 0) is 4.74 Å². The molecule has 0 aliphatic heterocycles. The molecule has 0 aromatic rings. The molecule has 0 aromatic carbocycles. The molecule has 2 fully saturated rings. The molecule has 3 unspecified atom stereocenters. The van der Waals surface area contributed by atoms with Gasteiger partial charge in [0.25, 0.3) is 0 Å². The molecule has 3 atom stereocenters. The minimum absolute atomic E-state index is 0.281. The van der Waals surface area contributed by atoms with Crippen LogP contribution in [0.5, 0.6) is 0 Å². The molecule has 0 bridgehead atoms. The van der Waals surface area contributed by atoms with Gasteiger partial charge in [-0.2, -0.15) is 0 Å². The van der Waals surface area contributed by atoms with Gasteiger partial charge in [0.15, 0.2) is 0 Å². The standard InChI is InChI=1S/C8H14O.2C2H6/c1-8(9-2)5-6-3-4-7(6)8;2*1-2/h6-7H,3-5H2,1-2H3;2*1-2H3. The molecular weight excluding hydrogens is 160 g/mol. The SMILES string of the molecule is CC.CC.COC1(C)CC2CCC21. The highest BCUT2D eigenvalue weighted by Crippen LogP contribution is 2.57. The van der Waals surface area contributed by atoms with Gasteiger partial charge in [-0.05, 0) is 38.0 Å². The fraction of sp³-hybridized carbons (Fsp3) is 1.00. The van der Waals surface area contributed by atoms with E-state index in [0.717, 1.165) is 11.8 Å². The molecule has 2 saturated carbocycles. The molecule has 1 nitrogen and oxygen atoms in total. The molecule has 0 amide bonds. The molecule has 80 valence electrons. The smallest absolute Gasteiger partial charge is 0.0684 e. The summed E-state index contributed by atoms with van der Waals surface area (Å²) < 4.78 is 5.41. The minimum atomic E-state index is 0.281. The first-order valence-corrected chi connectivity index (χ1v) is 5.81. The molecule has 1 heteroatoms. The summed E-state index contributed by atoms with van der Waals surface area (Å²) in [6.07, 6.45) is 4.19. The van der Waals surface area contributed by atoms with Gasteiger partial charge in [-0.3, -0.25) is 0 Å². The first-order valence-electron chi connectivity index (χ1n) is 5.81. The van der Waals surface area contributed by atoms with Gasteiger partial charge >= 0.3 is 0 Å². The third-order valence-corrected chi connectivity index (χ3v) is 3.34. The molecule has 0 saturated heterocycles. The van der Waals surface area contributed by atoms with Crippen molar-refractivity contribution in [3.8, 4) is 0 Å². The van der Waals surface area contributed by atoms with Crippen molar-refractivity contribution < 1.29 is 4.74 Å². The molecule has 0 N–H and O–H groups in total. The van der Waals surface area contributed by atoms with Crippen molar-refractivity contribution in [3.63, 3.8) is 0 Å². The van der Waals surface area contributed by atoms with Gasteiger partial charge in [0.05, 0.1) is 5.60 Å². The molecule has 0 aromatic heterocycles. The highest BCUT2D eigenvalue weighted by molar-refractivity contribution is 5.06. The Hall–Kier alpha value is -0.0400. The van der Waals surface area contributed by atoms with E-state index in [2.05, 4.69) is 6.92 Å². The predicted molar refractivity (Wildman–Crippen MR) is 58.9 cm³/mol. The lowest BCUT2D eigenvalue weighted by Crippen LogP contribution is -2.58. The lowest BCUT2D eigenvalue weighted by atomic mass is 9.51. The average molecular weight is 186 g/mol. The quantitative estimate of drug-likeness (QED) is 0.604. The minimum Gasteiger partial charge on any atom is -0.378 e. The largest absolute Gasteiger partial charge is 0.378 e. The molecule has 0 heterocycles. The van der Waals surface area contributed by atoms with Crippen LogP contribution in [0, 0.1) is 11.8 Å². The van der Waals surface area contributed by atoms with Crippen LogP contribution in [0.3, 0.4) is 0 Å². The zero-order chi connectivity index (χ0) is 10.5. The van der Waals surface area contributed by atoms with Gasteiger partial charge in [-0.15, -0.1) is 0 Å². The highest BCUT2D eigenvalue weighted by Gasteiger charge is 2.55. The maximum Gasteiger partial charge on any atom is 0.0684 e. The van der Waals surface area contributed by atoms with Crippen LogP contribution in [0.25, 0.3) is 0 Å². The maximum absolute atomic E-state index is 5.41. The van der Waals surface area contributed by atoms with E-state index < -0.39 is 0 Å². The molecule has 13 heavy (non-hydrogen) atoms. The second-order valence-corrected chi connectivity index (χ2v) is 3.66. The third-order valence-electron chi connectivity index (χ3n) is 3.34. The summed E-state index contributed by atoms with van der Waals surface area (Å²) in [7, 11) is 1.84. The van der Waals surface area contributed by atoms with Crippen LogP contribution in [-0.4, -0.2) is 12.7 Å². The summed E-state index contributed by atoms with van der Waals surface area (Å²) in [6, 6.07) is 0. The number of ether oxygens (including phenoxy) is 1. The summed E-state index contributed by atoms with van der Waals surface area (Å²) in [5, 5.41) is 0. The van der Waals surface area contributed by atoms with Gasteiger partial charge in [0.1, 0.15) is 0 Å². The Labute approximate surface area is 83.9 Å². The molecule has 2 aliphatic rings. The van der Waals surface area contributed by atoms with Crippen molar-refractivity contribution in [1.29, 1.82) is 0 Å². The summed E-state index contributed by atoms with van der Waals surface area (Å²) in [4.78, 5) is 0. The lowest BCUT2D eigenvalue weighted by Gasteiger charge is -2.59. The number of hydrogen-bond donors (Lipinski definition) is 0. The van der Waals surface area contributed by atoms with E-state index in [-0.39, 0.29) is 5.60 Å². The van der Waals surface area contributed by atoms with Crippen LogP contribution < -0.4 is 0 Å². The normalized spacial score (nSPS) is 39.2. The van der Waals surface area contributed by atoms with Crippen molar-refractivity contribution in [2.75, 3.05) is 7.11 Å². The summed E-state index contributed by atoms with van der Waals surface area (Å²) in [5.41, 5.74) is 0.281. The Kier molecular flexibility index (Phi) is 5.62. The predicted octanol–water partition coefficient (Wildman–Crippen LogP) is 3.87. The number of rotatable bonds is 1. The van der Waals surface area contributed by atoms with Crippen LogP contribution in [0.2, 0.25) is 0 Å². The van der Waals surface area contributed by atoms with E-state index in [1.54, 1.807) is 0 Å². The fourth-order valence-corrected chi connectivity index (χ4v) is 2.36. The van der Waals surface area contributed by atoms with Crippen molar-refractivity contribution in [1.82, 2.24) is 0 Å². The highest BCUT2D eigenvalue weighted by atomic mass is 16.5. The van der Waals surface area contributed by atoms with E-state index in [0.29, 0.717) is 0 Å². The van der Waals surface area contributed by atoms with Crippen molar-refractivity contribution >= 4 is 0 Å². The van der Waals surface area contributed by atoms with Crippen LogP contribution in [0.15, 0.2) is 0 Å². The Morgan fingerprint density at radius 2 is 1.62 bits per heavy atom. The van der Waals surface area contributed by atoms with Crippen LogP contribution in [0.4, 0.5) is 0 Å². The third kappa shape index (κ3) is 2.25. The summed E-state index contributed by atoms with van der Waals surface area (Å²) >= 11 is 0. The molecule has 0 spiro atoms. The Bertz CT molecular complexity index is 133. The van der Waals surface area contributed by atoms with E-state index in [1.165, 1.54) is 19.3 Å². The van der Waals surface area contributed by atoms with E-state index >= 15 is 0 Å². The second-order valence-electron chi connectivity index (χ2n) is 3.66. The van der Waals surface area contributed by atoms with E-state index in [1.807, 2.05) is 34.8 Å². The first-order chi connectivity index (χ1) is 6.26. The first kappa shape index (κ1) is 13.0. The lowest BCUT2D eigenvalue weighted by molar-refractivity contribution is -0.193.